The standard InChI is InChI=1S/C20H17FN4O4/c1-12(19(27)24-15-6-2-13(3-7-15)18(22)26)29-20(28)17-10-23-11-25(17)16-8-4-14(21)5-9-16/h2-12H,1H3,(H2,22,26)(H,24,27). The number of anilines is 1. The molecule has 0 aliphatic rings. The molecule has 148 valence electrons. The zero-order chi connectivity index (χ0) is 21.0. The van der Waals surface area contributed by atoms with Crippen LogP contribution in [0.4, 0.5) is 10.1 Å². The van der Waals surface area contributed by atoms with Gasteiger partial charge in [-0.2, -0.15) is 0 Å². The largest absolute Gasteiger partial charge is 0.448 e. The van der Waals surface area contributed by atoms with Gasteiger partial charge in [0, 0.05) is 16.9 Å². The molecule has 1 aromatic heterocycles. The topological polar surface area (TPSA) is 116 Å². The Morgan fingerprint density at radius 2 is 1.76 bits per heavy atom. The Balaban J connectivity index is 1.66. The number of nitrogens with one attached hydrogen (secondary N) is 1. The van der Waals surface area contributed by atoms with Crippen LogP contribution >= 0.6 is 0 Å². The van der Waals surface area contributed by atoms with Crippen molar-refractivity contribution in [2.75, 3.05) is 5.32 Å². The Bertz CT molecular complexity index is 1050. The number of amides is 2. The van der Waals surface area contributed by atoms with Gasteiger partial charge in [0.15, 0.2) is 11.8 Å². The van der Waals surface area contributed by atoms with Crippen LogP contribution in [0.1, 0.15) is 27.8 Å². The molecule has 0 aliphatic carbocycles. The van der Waals surface area contributed by atoms with E-state index in [1.54, 1.807) is 0 Å². The number of rotatable bonds is 6. The van der Waals surface area contributed by atoms with Gasteiger partial charge in [0.05, 0.1) is 12.5 Å². The first-order chi connectivity index (χ1) is 13.8. The van der Waals surface area contributed by atoms with Crippen molar-refractivity contribution in [3.8, 4) is 5.69 Å². The molecule has 1 heterocycles. The molecule has 9 heteroatoms. The first-order valence-corrected chi connectivity index (χ1v) is 8.55. The zero-order valence-corrected chi connectivity index (χ0v) is 15.3. The van der Waals surface area contributed by atoms with Gasteiger partial charge in [-0.25, -0.2) is 14.2 Å². The van der Waals surface area contributed by atoms with E-state index in [4.69, 9.17) is 10.5 Å². The van der Waals surface area contributed by atoms with Crippen LogP contribution in [0, 0.1) is 5.82 Å². The van der Waals surface area contributed by atoms with Crippen LogP contribution in [0.5, 0.6) is 0 Å². The quantitative estimate of drug-likeness (QED) is 0.620. The number of imidazole rings is 1. The van der Waals surface area contributed by atoms with Gasteiger partial charge in [0.25, 0.3) is 5.91 Å². The number of primary amides is 1. The van der Waals surface area contributed by atoms with Crippen LogP contribution < -0.4 is 11.1 Å². The molecule has 1 atom stereocenters. The van der Waals surface area contributed by atoms with Gasteiger partial charge in [-0.1, -0.05) is 0 Å². The van der Waals surface area contributed by atoms with Crippen molar-refractivity contribution in [1.82, 2.24) is 9.55 Å². The van der Waals surface area contributed by atoms with Gasteiger partial charge in [-0.3, -0.25) is 14.2 Å². The summed E-state index contributed by atoms with van der Waals surface area (Å²) in [4.78, 5) is 39.7. The monoisotopic (exact) mass is 396 g/mol. The summed E-state index contributed by atoms with van der Waals surface area (Å²) >= 11 is 0. The van der Waals surface area contributed by atoms with Gasteiger partial charge < -0.3 is 15.8 Å². The van der Waals surface area contributed by atoms with E-state index >= 15 is 0 Å². The van der Waals surface area contributed by atoms with E-state index in [-0.39, 0.29) is 5.69 Å². The minimum absolute atomic E-state index is 0.0852. The molecule has 3 aromatic rings. The molecule has 0 bridgehead atoms. The van der Waals surface area contributed by atoms with Crippen molar-refractivity contribution in [1.29, 1.82) is 0 Å². The maximum atomic E-state index is 13.1. The highest BCUT2D eigenvalue weighted by atomic mass is 19.1. The molecule has 0 saturated heterocycles. The third kappa shape index (κ3) is 4.64. The molecule has 8 nitrogen and oxygen atoms in total. The maximum Gasteiger partial charge on any atom is 0.357 e. The van der Waals surface area contributed by atoms with E-state index in [1.165, 1.54) is 72.5 Å². The number of nitrogens with two attached hydrogens (primary N) is 1. The van der Waals surface area contributed by atoms with E-state index in [2.05, 4.69) is 10.3 Å². The average molecular weight is 396 g/mol. The number of carbonyl (C=O) groups is 3. The number of halogens is 1. The Kier molecular flexibility index (Phi) is 5.68. The van der Waals surface area contributed by atoms with Crippen LogP contribution in [-0.2, 0) is 9.53 Å². The highest BCUT2D eigenvalue weighted by Crippen LogP contribution is 2.15. The maximum absolute atomic E-state index is 13.1. The molecule has 2 aromatic carbocycles. The minimum atomic E-state index is -1.10. The summed E-state index contributed by atoms with van der Waals surface area (Å²) in [6, 6.07) is 11.4. The van der Waals surface area contributed by atoms with Gasteiger partial charge in [-0.15, -0.1) is 0 Å². The van der Waals surface area contributed by atoms with Crippen LogP contribution in [0.25, 0.3) is 5.69 Å². The molecular weight excluding hydrogens is 379 g/mol. The van der Waals surface area contributed by atoms with Crippen molar-refractivity contribution in [3.05, 3.63) is 78.1 Å². The molecule has 29 heavy (non-hydrogen) atoms. The molecule has 2 amide bonds. The first kappa shape index (κ1) is 19.7. The third-order valence-corrected chi connectivity index (χ3v) is 4.04. The van der Waals surface area contributed by atoms with E-state index in [0.29, 0.717) is 16.9 Å². The number of ether oxygens (including phenoxy) is 1. The van der Waals surface area contributed by atoms with Crippen molar-refractivity contribution in [2.45, 2.75) is 13.0 Å². The Labute approximate surface area is 165 Å². The SMILES string of the molecule is CC(OC(=O)c1cncn1-c1ccc(F)cc1)C(=O)Nc1ccc(C(N)=O)cc1. The van der Waals surface area contributed by atoms with Crippen molar-refractivity contribution in [3.63, 3.8) is 0 Å². The number of hydrogen-bond donors (Lipinski definition) is 2. The number of benzene rings is 2. The summed E-state index contributed by atoms with van der Waals surface area (Å²) in [6.45, 7) is 1.42. The zero-order valence-electron chi connectivity index (χ0n) is 15.3. The second-order valence-electron chi connectivity index (χ2n) is 6.10. The van der Waals surface area contributed by atoms with Gasteiger partial charge >= 0.3 is 5.97 Å². The molecule has 1 unspecified atom stereocenters. The summed E-state index contributed by atoms with van der Waals surface area (Å²) in [5, 5.41) is 2.58. The highest BCUT2D eigenvalue weighted by molar-refractivity contribution is 5.98. The van der Waals surface area contributed by atoms with Gasteiger partial charge in [-0.05, 0) is 55.5 Å². The molecule has 0 spiro atoms. The van der Waals surface area contributed by atoms with Crippen LogP contribution in [0.15, 0.2) is 61.1 Å². The Morgan fingerprint density at radius 1 is 1.10 bits per heavy atom. The lowest BCUT2D eigenvalue weighted by Crippen LogP contribution is -2.30. The Hall–Kier alpha value is -4.01. The van der Waals surface area contributed by atoms with Crippen molar-refractivity contribution < 1.29 is 23.5 Å². The molecule has 0 saturated carbocycles. The summed E-state index contributed by atoms with van der Waals surface area (Å²) in [7, 11) is 0. The van der Waals surface area contributed by atoms with Gasteiger partial charge in [0.1, 0.15) is 5.82 Å². The third-order valence-electron chi connectivity index (χ3n) is 4.04. The summed E-state index contributed by atoms with van der Waals surface area (Å²) in [5.41, 5.74) is 6.49. The van der Waals surface area contributed by atoms with E-state index < -0.39 is 29.7 Å². The predicted molar refractivity (Wildman–Crippen MR) is 102 cm³/mol. The second-order valence-corrected chi connectivity index (χ2v) is 6.10. The predicted octanol–water partition coefficient (Wildman–Crippen LogP) is 2.29. The van der Waals surface area contributed by atoms with Crippen molar-refractivity contribution >= 4 is 23.5 Å². The lowest BCUT2D eigenvalue weighted by molar-refractivity contribution is -0.123. The van der Waals surface area contributed by atoms with Crippen LogP contribution in [0.2, 0.25) is 0 Å². The number of hydrogen-bond acceptors (Lipinski definition) is 5. The number of nitrogens with zero attached hydrogens (tertiary/aromatic N) is 2. The van der Waals surface area contributed by atoms with E-state index in [1.807, 2.05) is 0 Å². The Morgan fingerprint density at radius 3 is 2.38 bits per heavy atom. The van der Waals surface area contributed by atoms with Crippen LogP contribution in [0.3, 0.4) is 0 Å². The highest BCUT2D eigenvalue weighted by Gasteiger charge is 2.22. The van der Waals surface area contributed by atoms with Crippen molar-refractivity contribution in [2.24, 2.45) is 5.73 Å². The number of aromatic nitrogens is 2. The summed E-state index contributed by atoms with van der Waals surface area (Å²) < 4.78 is 19.7. The van der Waals surface area contributed by atoms with Gasteiger partial charge in [0.2, 0.25) is 5.91 Å². The number of carbonyl (C=O) groups excluding carboxylic acids is 3. The normalized spacial score (nSPS) is 11.5. The molecule has 0 radical (unpaired) electrons. The first-order valence-electron chi connectivity index (χ1n) is 8.55. The fourth-order valence-corrected chi connectivity index (χ4v) is 2.49. The lowest BCUT2D eigenvalue weighted by atomic mass is 10.2. The van der Waals surface area contributed by atoms with E-state index in [9.17, 15) is 18.8 Å². The smallest absolute Gasteiger partial charge is 0.357 e. The second kappa shape index (κ2) is 8.34. The average Bonchev–Trinajstić information content (AvgIpc) is 3.19. The minimum Gasteiger partial charge on any atom is -0.448 e. The fourth-order valence-electron chi connectivity index (χ4n) is 2.49. The van der Waals surface area contributed by atoms with E-state index in [0.717, 1.165) is 0 Å². The molecular formula is C20H17FN4O4. The molecule has 0 fully saturated rings. The molecule has 3 rings (SSSR count). The molecule has 3 N–H and O–H groups in total. The summed E-state index contributed by atoms with van der Waals surface area (Å²) in [5.74, 6) is -2.31. The fraction of sp³-hybridized carbons (Fsp3) is 0.100. The number of esters is 1. The molecule has 0 aliphatic heterocycles. The van der Waals surface area contributed by atoms with Crippen LogP contribution in [-0.4, -0.2) is 33.4 Å². The summed E-state index contributed by atoms with van der Waals surface area (Å²) in [6.07, 6.45) is 1.57. The lowest BCUT2D eigenvalue weighted by Gasteiger charge is -2.14.